The van der Waals surface area contributed by atoms with Gasteiger partial charge in [0.1, 0.15) is 19.0 Å². The first kappa shape index (κ1) is 12.6. The van der Waals surface area contributed by atoms with Gasteiger partial charge in [0, 0.05) is 0 Å². The summed E-state index contributed by atoms with van der Waals surface area (Å²) in [7, 11) is 0. The lowest BCUT2D eigenvalue weighted by Crippen LogP contribution is -1.99. The van der Waals surface area contributed by atoms with Crippen molar-refractivity contribution in [3.05, 3.63) is 53.6 Å². The second kappa shape index (κ2) is 5.67. The number of ether oxygens (including phenoxy) is 1. The highest BCUT2D eigenvalue weighted by molar-refractivity contribution is 5.66. The number of rotatable bonds is 4. The Labute approximate surface area is 107 Å². The predicted molar refractivity (Wildman–Crippen MR) is 72.8 cm³/mol. The average Bonchev–Trinajstić information content (AvgIpc) is 2.36. The van der Waals surface area contributed by atoms with Crippen LogP contribution in [0, 0.1) is 13.8 Å². The van der Waals surface area contributed by atoms with Crippen molar-refractivity contribution in [3.8, 4) is 16.9 Å². The van der Waals surface area contributed by atoms with Gasteiger partial charge in [0.25, 0.3) is 0 Å². The monoisotopic (exact) mass is 244 g/mol. The Kier molecular flexibility index (Phi) is 3.98. The summed E-state index contributed by atoms with van der Waals surface area (Å²) in [5, 5.41) is 0. The SMILES string of the molecule is Cc1ccc(-c2cc(C)cc(OCCF)c2)cc1. The van der Waals surface area contributed by atoms with E-state index in [9.17, 15) is 4.39 Å². The Morgan fingerprint density at radius 2 is 1.61 bits per heavy atom. The Balaban J connectivity index is 2.32. The fraction of sp³-hybridized carbons (Fsp3) is 0.250. The molecule has 0 aromatic heterocycles. The maximum atomic E-state index is 12.1. The van der Waals surface area contributed by atoms with Gasteiger partial charge in [-0.05, 0) is 42.7 Å². The van der Waals surface area contributed by atoms with Crippen molar-refractivity contribution in [1.29, 1.82) is 0 Å². The van der Waals surface area contributed by atoms with Crippen LogP contribution in [0.15, 0.2) is 42.5 Å². The molecule has 0 amide bonds. The van der Waals surface area contributed by atoms with Crippen LogP contribution in [0.25, 0.3) is 11.1 Å². The van der Waals surface area contributed by atoms with Gasteiger partial charge >= 0.3 is 0 Å². The van der Waals surface area contributed by atoms with Crippen LogP contribution in [-0.4, -0.2) is 13.3 Å². The summed E-state index contributed by atoms with van der Waals surface area (Å²) >= 11 is 0. The fourth-order valence-corrected chi connectivity index (χ4v) is 1.90. The molecule has 1 nitrogen and oxygen atoms in total. The molecule has 0 aliphatic carbocycles. The highest BCUT2D eigenvalue weighted by Crippen LogP contribution is 2.26. The lowest BCUT2D eigenvalue weighted by molar-refractivity contribution is 0.273. The van der Waals surface area contributed by atoms with E-state index in [1.54, 1.807) is 0 Å². The highest BCUT2D eigenvalue weighted by Gasteiger charge is 2.02. The zero-order valence-electron chi connectivity index (χ0n) is 10.7. The zero-order valence-corrected chi connectivity index (χ0v) is 10.7. The van der Waals surface area contributed by atoms with Crippen LogP contribution >= 0.6 is 0 Å². The van der Waals surface area contributed by atoms with Gasteiger partial charge in [-0.3, -0.25) is 0 Å². The Morgan fingerprint density at radius 1 is 0.889 bits per heavy atom. The average molecular weight is 244 g/mol. The van der Waals surface area contributed by atoms with Crippen LogP contribution in [0.1, 0.15) is 11.1 Å². The lowest BCUT2D eigenvalue weighted by atomic mass is 10.0. The number of hydrogen-bond donors (Lipinski definition) is 0. The molecule has 0 saturated heterocycles. The molecular weight excluding hydrogens is 227 g/mol. The molecule has 0 atom stereocenters. The largest absolute Gasteiger partial charge is 0.491 e. The Bertz CT molecular complexity index is 517. The van der Waals surface area contributed by atoms with E-state index in [2.05, 4.69) is 37.3 Å². The molecule has 0 fully saturated rings. The molecule has 2 rings (SSSR count). The number of hydrogen-bond acceptors (Lipinski definition) is 1. The molecule has 0 spiro atoms. The van der Waals surface area contributed by atoms with E-state index in [4.69, 9.17) is 4.74 Å². The zero-order chi connectivity index (χ0) is 13.0. The second-order valence-corrected chi connectivity index (χ2v) is 4.44. The molecule has 0 saturated carbocycles. The molecule has 0 unspecified atom stereocenters. The van der Waals surface area contributed by atoms with Crippen molar-refractivity contribution in [3.63, 3.8) is 0 Å². The number of benzene rings is 2. The molecule has 94 valence electrons. The van der Waals surface area contributed by atoms with Gasteiger partial charge in [0.15, 0.2) is 0 Å². The lowest BCUT2D eigenvalue weighted by Gasteiger charge is -2.09. The predicted octanol–water partition coefficient (Wildman–Crippen LogP) is 4.32. The summed E-state index contributed by atoms with van der Waals surface area (Å²) < 4.78 is 17.5. The topological polar surface area (TPSA) is 9.23 Å². The quantitative estimate of drug-likeness (QED) is 0.778. The molecule has 0 aliphatic rings. The van der Waals surface area contributed by atoms with E-state index in [1.165, 1.54) is 5.56 Å². The minimum Gasteiger partial charge on any atom is -0.491 e. The number of alkyl halides is 1. The Hall–Kier alpha value is -1.83. The van der Waals surface area contributed by atoms with Crippen molar-refractivity contribution < 1.29 is 9.13 Å². The van der Waals surface area contributed by atoms with Gasteiger partial charge in [-0.2, -0.15) is 0 Å². The number of halogens is 1. The Morgan fingerprint density at radius 3 is 2.28 bits per heavy atom. The van der Waals surface area contributed by atoms with E-state index >= 15 is 0 Å². The van der Waals surface area contributed by atoms with E-state index in [0.29, 0.717) is 0 Å². The van der Waals surface area contributed by atoms with Gasteiger partial charge in [-0.25, -0.2) is 4.39 Å². The third-order valence-electron chi connectivity index (χ3n) is 2.78. The van der Waals surface area contributed by atoms with Crippen LogP contribution in [0.5, 0.6) is 5.75 Å². The highest BCUT2D eigenvalue weighted by atomic mass is 19.1. The minimum absolute atomic E-state index is 0.108. The second-order valence-electron chi connectivity index (χ2n) is 4.44. The van der Waals surface area contributed by atoms with Gasteiger partial charge in [0.05, 0.1) is 0 Å². The summed E-state index contributed by atoms with van der Waals surface area (Å²) in [4.78, 5) is 0. The van der Waals surface area contributed by atoms with E-state index in [1.807, 2.05) is 19.1 Å². The first-order valence-corrected chi connectivity index (χ1v) is 6.06. The van der Waals surface area contributed by atoms with E-state index in [-0.39, 0.29) is 6.61 Å². The standard InChI is InChI=1S/C16H17FO/c1-12-3-5-14(6-4-12)15-9-13(2)10-16(11-15)18-8-7-17/h3-6,9-11H,7-8H2,1-2H3. The molecule has 0 N–H and O–H groups in total. The van der Waals surface area contributed by atoms with Crippen molar-refractivity contribution in [2.75, 3.05) is 13.3 Å². The first-order chi connectivity index (χ1) is 8.69. The fourth-order valence-electron chi connectivity index (χ4n) is 1.90. The normalized spacial score (nSPS) is 10.4. The van der Waals surface area contributed by atoms with Crippen molar-refractivity contribution in [1.82, 2.24) is 0 Å². The number of aryl methyl sites for hydroxylation is 2. The summed E-state index contributed by atoms with van der Waals surface area (Å²) in [5.74, 6) is 0.725. The van der Waals surface area contributed by atoms with Crippen LogP contribution in [0.2, 0.25) is 0 Å². The molecule has 0 bridgehead atoms. The molecule has 2 aromatic rings. The van der Waals surface area contributed by atoms with Gasteiger partial charge in [-0.15, -0.1) is 0 Å². The summed E-state index contributed by atoms with van der Waals surface area (Å²) in [5.41, 5.74) is 4.60. The van der Waals surface area contributed by atoms with E-state index < -0.39 is 6.67 Å². The minimum atomic E-state index is -0.464. The smallest absolute Gasteiger partial charge is 0.123 e. The third-order valence-corrected chi connectivity index (χ3v) is 2.78. The molecule has 0 heterocycles. The van der Waals surface area contributed by atoms with Gasteiger partial charge in [-0.1, -0.05) is 35.9 Å². The van der Waals surface area contributed by atoms with Crippen molar-refractivity contribution in [2.45, 2.75) is 13.8 Å². The molecule has 18 heavy (non-hydrogen) atoms. The van der Waals surface area contributed by atoms with Crippen LogP contribution in [0.3, 0.4) is 0 Å². The molecule has 0 radical (unpaired) electrons. The van der Waals surface area contributed by atoms with Crippen molar-refractivity contribution >= 4 is 0 Å². The summed E-state index contributed by atoms with van der Waals surface area (Å²) in [6.45, 7) is 3.72. The first-order valence-electron chi connectivity index (χ1n) is 6.06. The van der Waals surface area contributed by atoms with Crippen molar-refractivity contribution in [2.24, 2.45) is 0 Å². The van der Waals surface area contributed by atoms with Crippen LogP contribution in [-0.2, 0) is 0 Å². The summed E-state index contributed by atoms with van der Waals surface area (Å²) in [6, 6.07) is 14.3. The van der Waals surface area contributed by atoms with Crippen LogP contribution < -0.4 is 4.74 Å². The van der Waals surface area contributed by atoms with Gasteiger partial charge < -0.3 is 4.74 Å². The van der Waals surface area contributed by atoms with E-state index in [0.717, 1.165) is 22.4 Å². The molecular formula is C16H17FO. The molecule has 2 aromatic carbocycles. The molecule has 2 heteroatoms. The molecule has 0 aliphatic heterocycles. The van der Waals surface area contributed by atoms with Gasteiger partial charge in [0.2, 0.25) is 0 Å². The third kappa shape index (κ3) is 3.10. The maximum Gasteiger partial charge on any atom is 0.123 e. The van der Waals surface area contributed by atoms with Crippen LogP contribution in [0.4, 0.5) is 4.39 Å². The maximum absolute atomic E-state index is 12.1. The summed E-state index contributed by atoms with van der Waals surface area (Å²) in [6.07, 6.45) is 0.